The number of alkyl halides is 1. The summed E-state index contributed by atoms with van der Waals surface area (Å²) in [6.07, 6.45) is 9.78. The van der Waals surface area contributed by atoms with Crippen LogP contribution in [0.15, 0.2) is 48.7 Å². The van der Waals surface area contributed by atoms with E-state index < -0.39 is 6.17 Å². The van der Waals surface area contributed by atoms with E-state index in [1.165, 1.54) is 0 Å². The number of carbonyl (C=O) groups excluding carboxylic acids is 1. The Morgan fingerprint density at radius 3 is 2.86 bits per heavy atom. The highest BCUT2D eigenvalue weighted by molar-refractivity contribution is 5.77. The summed E-state index contributed by atoms with van der Waals surface area (Å²) < 4.78 is 13.7. The molecule has 3 aliphatic rings. The van der Waals surface area contributed by atoms with Gasteiger partial charge >= 0.3 is 6.03 Å². The average molecular weight is 388 g/mol. The molecule has 2 amide bonds. The molecule has 3 rings (SSSR count). The van der Waals surface area contributed by atoms with Crippen molar-refractivity contribution >= 4 is 6.03 Å². The predicted octanol–water partition coefficient (Wildman–Crippen LogP) is 4.29. The zero-order chi connectivity index (χ0) is 20.5. The molecule has 0 aromatic carbocycles. The van der Waals surface area contributed by atoms with Crippen LogP contribution < -0.4 is 5.32 Å². The van der Waals surface area contributed by atoms with Gasteiger partial charge in [-0.3, -0.25) is 4.90 Å². The molecule has 1 fully saturated rings. The fourth-order valence-electron chi connectivity index (χ4n) is 5.31. The lowest BCUT2D eigenvalue weighted by Crippen LogP contribution is -2.49. The van der Waals surface area contributed by atoms with E-state index in [9.17, 15) is 9.18 Å². The van der Waals surface area contributed by atoms with Gasteiger partial charge in [-0.15, -0.1) is 13.2 Å². The number of halogens is 1. The number of allylic oxidation sites excluding steroid dienone is 4. The Labute approximate surface area is 168 Å². The second kappa shape index (κ2) is 8.24. The molecule has 0 bridgehead atoms. The number of hydrogen-bond acceptors (Lipinski definition) is 2. The van der Waals surface area contributed by atoms with Crippen LogP contribution in [0.3, 0.4) is 0 Å². The van der Waals surface area contributed by atoms with Crippen molar-refractivity contribution in [3.8, 4) is 0 Å². The Kier molecular flexibility index (Phi) is 6.13. The molecule has 5 heteroatoms. The Balaban J connectivity index is 1.65. The van der Waals surface area contributed by atoms with E-state index in [1.807, 2.05) is 6.08 Å². The van der Waals surface area contributed by atoms with Crippen LogP contribution in [0.5, 0.6) is 0 Å². The number of nitrogens with zero attached hydrogens (tertiary/aromatic N) is 2. The lowest BCUT2D eigenvalue weighted by atomic mass is 9.83. The van der Waals surface area contributed by atoms with E-state index in [2.05, 4.69) is 50.5 Å². The van der Waals surface area contributed by atoms with Crippen molar-refractivity contribution in [2.45, 2.75) is 44.8 Å². The van der Waals surface area contributed by atoms with Gasteiger partial charge in [0.2, 0.25) is 0 Å². The smallest absolute Gasteiger partial charge is 0.321 e. The van der Waals surface area contributed by atoms with Crippen molar-refractivity contribution in [3.05, 3.63) is 48.7 Å². The van der Waals surface area contributed by atoms with Gasteiger partial charge in [-0.25, -0.2) is 9.18 Å². The molecule has 4 nitrogen and oxygen atoms in total. The molecule has 0 aromatic heterocycles. The lowest BCUT2D eigenvalue weighted by molar-refractivity contribution is 0.149. The van der Waals surface area contributed by atoms with Crippen molar-refractivity contribution in [3.63, 3.8) is 0 Å². The topological polar surface area (TPSA) is 35.6 Å². The maximum atomic E-state index is 13.7. The van der Waals surface area contributed by atoms with Crippen molar-refractivity contribution < 1.29 is 9.18 Å². The fraction of sp³-hybridized carbons (Fsp3) is 0.609. The summed E-state index contributed by atoms with van der Waals surface area (Å²) in [4.78, 5) is 16.9. The maximum Gasteiger partial charge on any atom is 0.321 e. The third-order valence-electron chi connectivity index (χ3n) is 6.65. The van der Waals surface area contributed by atoms with Gasteiger partial charge in [0.1, 0.15) is 6.17 Å². The zero-order valence-corrected chi connectivity index (χ0v) is 17.5. The summed E-state index contributed by atoms with van der Waals surface area (Å²) in [7, 11) is 4.18. The Hall–Kier alpha value is -1.88. The summed E-state index contributed by atoms with van der Waals surface area (Å²) in [6.45, 7) is 11.5. The molecule has 0 spiro atoms. The molecule has 4 unspecified atom stereocenters. The van der Waals surface area contributed by atoms with Gasteiger partial charge in [0.15, 0.2) is 0 Å². The van der Waals surface area contributed by atoms with Crippen LogP contribution >= 0.6 is 0 Å². The first-order valence-electron chi connectivity index (χ1n) is 10.4. The highest BCUT2D eigenvalue weighted by atomic mass is 19.1. The van der Waals surface area contributed by atoms with Crippen molar-refractivity contribution in [2.24, 2.45) is 17.3 Å². The first kappa shape index (κ1) is 20.8. The van der Waals surface area contributed by atoms with Crippen molar-refractivity contribution in [1.29, 1.82) is 0 Å². The van der Waals surface area contributed by atoms with E-state index in [1.54, 1.807) is 17.1 Å². The van der Waals surface area contributed by atoms with Gasteiger partial charge in [0.05, 0.1) is 0 Å². The van der Waals surface area contributed by atoms with Gasteiger partial charge in [0, 0.05) is 36.7 Å². The van der Waals surface area contributed by atoms with Gasteiger partial charge < -0.3 is 10.2 Å². The number of amides is 2. The summed E-state index contributed by atoms with van der Waals surface area (Å²) in [5, 5.41) is 3.13. The first-order valence-corrected chi connectivity index (χ1v) is 10.4. The molecule has 5 atom stereocenters. The molecule has 0 saturated heterocycles. The quantitative estimate of drug-likeness (QED) is 0.662. The molecule has 1 saturated carbocycles. The molecule has 28 heavy (non-hydrogen) atoms. The summed E-state index contributed by atoms with van der Waals surface area (Å²) >= 11 is 0. The normalized spacial score (nSPS) is 31.2. The maximum absolute atomic E-state index is 13.7. The van der Waals surface area contributed by atoms with Crippen LogP contribution in [-0.4, -0.2) is 55.2 Å². The molecular weight excluding hydrogens is 353 g/mol. The molecular formula is C23H34FN3O. The van der Waals surface area contributed by atoms with E-state index in [0.717, 1.165) is 30.5 Å². The van der Waals surface area contributed by atoms with Crippen LogP contribution in [0.4, 0.5) is 9.18 Å². The second-order valence-electron chi connectivity index (χ2n) is 8.76. The van der Waals surface area contributed by atoms with Crippen LogP contribution in [0.2, 0.25) is 0 Å². The number of hydrogen-bond donors (Lipinski definition) is 1. The minimum absolute atomic E-state index is 0.0401. The molecule has 1 heterocycles. The highest BCUT2D eigenvalue weighted by Crippen LogP contribution is 2.59. The molecule has 1 N–H and O–H groups in total. The molecule has 2 aliphatic carbocycles. The van der Waals surface area contributed by atoms with E-state index >= 15 is 0 Å². The number of urea groups is 1. The molecule has 1 aliphatic heterocycles. The molecule has 154 valence electrons. The van der Waals surface area contributed by atoms with Crippen LogP contribution in [-0.2, 0) is 0 Å². The molecule has 0 radical (unpaired) electrons. The Morgan fingerprint density at radius 1 is 1.50 bits per heavy atom. The third-order valence-corrected chi connectivity index (χ3v) is 6.65. The number of carbonyl (C=O) groups is 1. The monoisotopic (exact) mass is 387 g/mol. The minimum atomic E-state index is -0.922. The van der Waals surface area contributed by atoms with Crippen LogP contribution in [0.25, 0.3) is 0 Å². The van der Waals surface area contributed by atoms with Gasteiger partial charge in [0.25, 0.3) is 0 Å². The second-order valence-corrected chi connectivity index (χ2v) is 8.76. The van der Waals surface area contributed by atoms with Gasteiger partial charge in [-0.05, 0) is 62.9 Å². The van der Waals surface area contributed by atoms with E-state index in [0.29, 0.717) is 25.4 Å². The van der Waals surface area contributed by atoms with Crippen LogP contribution in [0.1, 0.15) is 32.6 Å². The first-order chi connectivity index (χ1) is 13.3. The van der Waals surface area contributed by atoms with Gasteiger partial charge in [-0.2, -0.15) is 0 Å². The summed E-state index contributed by atoms with van der Waals surface area (Å²) in [6, 6.07) is 0.202. The zero-order valence-electron chi connectivity index (χ0n) is 17.5. The summed E-state index contributed by atoms with van der Waals surface area (Å²) in [5.74, 6) is 0.712. The fourth-order valence-corrected chi connectivity index (χ4v) is 5.31. The minimum Gasteiger partial charge on any atom is -0.337 e. The Bertz CT molecular complexity index is 698. The summed E-state index contributed by atoms with van der Waals surface area (Å²) in [5.41, 5.74) is 2.00. The Morgan fingerprint density at radius 2 is 2.25 bits per heavy atom. The highest BCUT2D eigenvalue weighted by Gasteiger charge is 2.57. The number of rotatable bonds is 7. The largest absolute Gasteiger partial charge is 0.337 e. The van der Waals surface area contributed by atoms with Gasteiger partial charge in [-0.1, -0.05) is 19.1 Å². The lowest BCUT2D eigenvalue weighted by Gasteiger charge is -2.37. The van der Waals surface area contributed by atoms with E-state index in [-0.39, 0.29) is 23.4 Å². The number of nitrogens with one attached hydrogen (secondary N) is 1. The predicted molar refractivity (Wildman–Crippen MR) is 113 cm³/mol. The third kappa shape index (κ3) is 3.82. The van der Waals surface area contributed by atoms with E-state index in [4.69, 9.17) is 0 Å². The van der Waals surface area contributed by atoms with Crippen molar-refractivity contribution in [1.82, 2.24) is 15.1 Å². The van der Waals surface area contributed by atoms with Crippen molar-refractivity contribution in [2.75, 3.05) is 27.2 Å². The molecule has 0 aromatic rings. The average Bonchev–Trinajstić information content (AvgIpc) is 3.39. The van der Waals surface area contributed by atoms with Crippen LogP contribution in [0, 0.1) is 17.3 Å². The SMILES string of the molecule is C=CC1C[C@@]1(C=C)C(C(C)CNC(=O)N1CCCC2=C1C=CC(F)C2)N(C)C. The standard InChI is InChI=1S/C23H34FN3O/c1-6-18-14-23(18,7-2)21(26(4)5)16(3)15-25-22(28)27-12-8-9-17-13-19(24)10-11-20(17)27/h6-7,10-11,16,18-19,21H,1-2,8-9,12-15H2,3-5H3,(H,25,28)/t16?,18?,19?,21?,23-/m1/s1.